The molecular weight excluding hydrogens is 254 g/mol. The van der Waals surface area contributed by atoms with Crippen LogP contribution in [0.1, 0.15) is 43.0 Å². The minimum absolute atomic E-state index is 0.184. The van der Waals surface area contributed by atoms with E-state index in [1.165, 1.54) is 17.1 Å². The Hall–Kier alpha value is -1.62. The second kappa shape index (κ2) is 5.79. The quantitative estimate of drug-likeness (QED) is 0.866. The normalized spacial score (nSPS) is 26.2. The van der Waals surface area contributed by atoms with Gasteiger partial charge in [0.2, 0.25) is 0 Å². The fourth-order valence-corrected chi connectivity index (χ4v) is 3.01. The number of nitrogens with zero attached hydrogens (tertiary/aromatic N) is 1. The summed E-state index contributed by atoms with van der Waals surface area (Å²) in [5.74, 6) is 0.360. The van der Waals surface area contributed by atoms with Crippen molar-refractivity contribution in [2.24, 2.45) is 18.7 Å². The van der Waals surface area contributed by atoms with Crippen LogP contribution in [-0.2, 0) is 7.05 Å². The predicted octanol–water partition coefficient (Wildman–Crippen LogP) is 1.02. The van der Waals surface area contributed by atoms with E-state index in [-0.39, 0.29) is 17.0 Å². The number of aromatic nitrogens is 1. The minimum Gasteiger partial charge on any atom is -0.345 e. The number of amides is 1. The van der Waals surface area contributed by atoms with Crippen LogP contribution in [-0.4, -0.2) is 22.6 Å². The van der Waals surface area contributed by atoms with E-state index in [0.717, 1.165) is 19.3 Å². The average Bonchev–Trinajstić information content (AvgIpc) is 2.41. The van der Waals surface area contributed by atoms with E-state index >= 15 is 0 Å². The Balaban J connectivity index is 2.16. The van der Waals surface area contributed by atoms with Gasteiger partial charge in [0.25, 0.3) is 11.5 Å². The van der Waals surface area contributed by atoms with Crippen molar-refractivity contribution in [2.45, 2.75) is 38.1 Å². The number of nitrogens with one attached hydrogen (secondary N) is 1. The molecule has 2 atom stereocenters. The summed E-state index contributed by atoms with van der Waals surface area (Å²) < 4.78 is 1.44. The SMILES string of the molecule is CC1CCCC(CN)(NC(=O)c2ccn(C)c(=O)c2)C1. The number of rotatable bonds is 3. The number of carbonyl (C=O) groups excluding carboxylic acids is 1. The third-order valence-electron chi connectivity index (χ3n) is 4.23. The monoisotopic (exact) mass is 277 g/mol. The molecule has 0 aromatic carbocycles. The van der Waals surface area contributed by atoms with Crippen LogP contribution < -0.4 is 16.6 Å². The molecule has 1 amide bonds. The maximum atomic E-state index is 12.3. The number of hydrogen-bond donors (Lipinski definition) is 2. The Kier molecular flexibility index (Phi) is 4.28. The maximum Gasteiger partial charge on any atom is 0.252 e. The molecule has 2 unspecified atom stereocenters. The molecule has 1 aliphatic rings. The lowest BCUT2D eigenvalue weighted by Gasteiger charge is -2.40. The Labute approximate surface area is 119 Å². The number of aryl methyl sites for hydroxylation is 1. The second-order valence-corrected chi connectivity index (χ2v) is 6.00. The summed E-state index contributed by atoms with van der Waals surface area (Å²) in [7, 11) is 1.66. The lowest BCUT2D eigenvalue weighted by Crippen LogP contribution is -2.56. The first-order valence-corrected chi connectivity index (χ1v) is 7.15. The number of carbonyl (C=O) groups is 1. The van der Waals surface area contributed by atoms with E-state index < -0.39 is 0 Å². The molecular formula is C15H23N3O2. The highest BCUT2D eigenvalue weighted by atomic mass is 16.2. The van der Waals surface area contributed by atoms with Gasteiger partial charge in [-0.3, -0.25) is 9.59 Å². The van der Waals surface area contributed by atoms with Crippen LogP contribution in [0.25, 0.3) is 0 Å². The van der Waals surface area contributed by atoms with Gasteiger partial charge < -0.3 is 15.6 Å². The molecule has 110 valence electrons. The lowest BCUT2D eigenvalue weighted by molar-refractivity contribution is 0.0853. The third kappa shape index (κ3) is 3.10. The van der Waals surface area contributed by atoms with Crippen molar-refractivity contribution in [2.75, 3.05) is 6.54 Å². The molecule has 1 fully saturated rings. The zero-order chi connectivity index (χ0) is 14.8. The van der Waals surface area contributed by atoms with Crippen molar-refractivity contribution >= 4 is 5.91 Å². The smallest absolute Gasteiger partial charge is 0.252 e. The molecule has 0 saturated heterocycles. The van der Waals surface area contributed by atoms with Crippen molar-refractivity contribution in [3.63, 3.8) is 0 Å². The predicted molar refractivity (Wildman–Crippen MR) is 78.6 cm³/mol. The van der Waals surface area contributed by atoms with E-state index in [1.807, 2.05) is 0 Å². The first-order chi connectivity index (χ1) is 9.46. The first-order valence-electron chi connectivity index (χ1n) is 7.15. The molecule has 0 bridgehead atoms. The highest BCUT2D eigenvalue weighted by molar-refractivity contribution is 5.94. The van der Waals surface area contributed by atoms with E-state index in [9.17, 15) is 9.59 Å². The first kappa shape index (κ1) is 14.8. The summed E-state index contributed by atoms with van der Waals surface area (Å²) in [6, 6.07) is 3.03. The molecule has 1 heterocycles. The fourth-order valence-electron chi connectivity index (χ4n) is 3.01. The molecule has 1 aromatic heterocycles. The number of nitrogens with two attached hydrogens (primary N) is 1. The van der Waals surface area contributed by atoms with Gasteiger partial charge in [0.15, 0.2) is 0 Å². The summed E-state index contributed by atoms with van der Waals surface area (Å²) in [5.41, 5.74) is 5.79. The van der Waals surface area contributed by atoms with Crippen LogP contribution in [0.4, 0.5) is 0 Å². The van der Waals surface area contributed by atoms with Crippen LogP contribution in [0.3, 0.4) is 0 Å². The third-order valence-corrected chi connectivity index (χ3v) is 4.23. The molecule has 0 radical (unpaired) electrons. The molecule has 5 heteroatoms. The number of pyridine rings is 1. The zero-order valence-electron chi connectivity index (χ0n) is 12.2. The Morgan fingerprint density at radius 3 is 2.95 bits per heavy atom. The molecule has 3 N–H and O–H groups in total. The van der Waals surface area contributed by atoms with Crippen LogP contribution in [0.15, 0.2) is 23.1 Å². The van der Waals surface area contributed by atoms with Gasteiger partial charge in [-0.2, -0.15) is 0 Å². The van der Waals surface area contributed by atoms with Gasteiger partial charge in [-0.1, -0.05) is 19.8 Å². The molecule has 5 nitrogen and oxygen atoms in total. The molecule has 1 saturated carbocycles. The van der Waals surface area contributed by atoms with Gasteiger partial charge in [-0.25, -0.2) is 0 Å². The van der Waals surface area contributed by atoms with Gasteiger partial charge in [-0.05, 0) is 24.8 Å². The van der Waals surface area contributed by atoms with Crippen molar-refractivity contribution in [1.29, 1.82) is 0 Å². The van der Waals surface area contributed by atoms with E-state index in [2.05, 4.69) is 12.2 Å². The summed E-state index contributed by atoms with van der Waals surface area (Å²) in [4.78, 5) is 23.9. The van der Waals surface area contributed by atoms with Gasteiger partial charge in [-0.15, -0.1) is 0 Å². The van der Waals surface area contributed by atoms with Crippen molar-refractivity contribution in [1.82, 2.24) is 9.88 Å². The van der Waals surface area contributed by atoms with Gasteiger partial charge in [0, 0.05) is 31.4 Å². The van der Waals surface area contributed by atoms with Gasteiger partial charge in [0.1, 0.15) is 0 Å². The summed E-state index contributed by atoms with van der Waals surface area (Å²) in [6.45, 7) is 2.63. The van der Waals surface area contributed by atoms with Crippen LogP contribution in [0.5, 0.6) is 0 Å². The van der Waals surface area contributed by atoms with Crippen molar-refractivity contribution < 1.29 is 4.79 Å². The fraction of sp³-hybridized carbons (Fsp3) is 0.600. The summed E-state index contributed by atoms with van der Waals surface area (Å²) >= 11 is 0. The molecule has 2 rings (SSSR count). The maximum absolute atomic E-state index is 12.3. The molecule has 1 aromatic rings. The van der Waals surface area contributed by atoms with E-state index in [0.29, 0.717) is 18.0 Å². The number of hydrogen-bond acceptors (Lipinski definition) is 3. The lowest BCUT2D eigenvalue weighted by atomic mass is 9.76. The zero-order valence-corrected chi connectivity index (χ0v) is 12.2. The second-order valence-electron chi connectivity index (χ2n) is 6.00. The molecule has 20 heavy (non-hydrogen) atoms. The largest absolute Gasteiger partial charge is 0.345 e. The minimum atomic E-state index is -0.324. The summed E-state index contributed by atoms with van der Waals surface area (Å²) in [6.07, 6.45) is 5.68. The Morgan fingerprint density at radius 1 is 1.60 bits per heavy atom. The highest BCUT2D eigenvalue weighted by Crippen LogP contribution is 2.31. The standard InChI is InChI=1S/C15H23N3O2/c1-11-4-3-6-15(9-11,10-16)17-14(20)12-5-7-18(2)13(19)8-12/h5,7-8,11H,3-4,6,9-10,16H2,1-2H3,(H,17,20). The summed E-state index contributed by atoms with van der Waals surface area (Å²) in [5, 5.41) is 3.06. The van der Waals surface area contributed by atoms with Crippen molar-refractivity contribution in [3.05, 3.63) is 34.2 Å². The highest BCUT2D eigenvalue weighted by Gasteiger charge is 2.35. The molecule has 1 aliphatic carbocycles. The van der Waals surface area contributed by atoms with Crippen LogP contribution in [0, 0.1) is 5.92 Å². The topological polar surface area (TPSA) is 77.1 Å². The average molecular weight is 277 g/mol. The van der Waals surface area contributed by atoms with E-state index in [4.69, 9.17) is 5.73 Å². The van der Waals surface area contributed by atoms with Crippen LogP contribution in [0.2, 0.25) is 0 Å². The van der Waals surface area contributed by atoms with Crippen LogP contribution >= 0.6 is 0 Å². The van der Waals surface area contributed by atoms with Crippen molar-refractivity contribution in [3.8, 4) is 0 Å². The Morgan fingerprint density at radius 2 is 2.35 bits per heavy atom. The van der Waals surface area contributed by atoms with E-state index in [1.54, 1.807) is 19.3 Å². The van der Waals surface area contributed by atoms with Gasteiger partial charge in [0.05, 0.1) is 5.54 Å². The van der Waals surface area contributed by atoms with Gasteiger partial charge >= 0.3 is 0 Å². The molecule has 0 spiro atoms. The molecule has 0 aliphatic heterocycles. The Bertz CT molecular complexity index is 552.